The van der Waals surface area contributed by atoms with Crippen molar-refractivity contribution in [1.82, 2.24) is 10.6 Å². The molecule has 0 aromatic rings. The first-order valence-corrected chi connectivity index (χ1v) is 8.91. The summed E-state index contributed by atoms with van der Waals surface area (Å²) in [5.41, 5.74) is 0. The van der Waals surface area contributed by atoms with Crippen molar-refractivity contribution >= 4 is 16.1 Å². The molecule has 0 bridgehead atoms. The summed E-state index contributed by atoms with van der Waals surface area (Å²) in [6.45, 7) is 0.247. The third kappa shape index (κ3) is 7.83. The van der Waals surface area contributed by atoms with Crippen molar-refractivity contribution in [2.45, 2.75) is 50.7 Å². The average Bonchev–Trinajstić information content (AvgIpc) is 2.36. The predicted molar refractivity (Wildman–Crippen MR) is 75.5 cm³/mol. The van der Waals surface area contributed by atoms with Crippen LogP contribution < -0.4 is 15.8 Å². The summed E-state index contributed by atoms with van der Waals surface area (Å²) in [6.07, 6.45) is -2.49. The highest BCUT2D eigenvalue weighted by Gasteiger charge is 2.42. The lowest BCUT2D eigenvalue weighted by molar-refractivity contribution is -0.183. The number of unbranched alkanes of at least 4 members (excludes halogenated alkanes) is 1. The second-order valence-corrected chi connectivity index (χ2v) is 7.31. The molecule has 0 aromatic carbocycles. The molecule has 1 rings (SSSR count). The van der Waals surface area contributed by atoms with E-state index in [0.29, 0.717) is 25.7 Å². The van der Waals surface area contributed by atoms with Crippen molar-refractivity contribution in [3.8, 4) is 0 Å². The Bertz CT molecular complexity index is 468. The maximum atomic E-state index is 12.6. The van der Waals surface area contributed by atoms with Gasteiger partial charge in [0.2, 0.25) is 10.0 Å². The zero-order valence-corrected chi connectivity index (χ0v) is 13.0. The van der Waals surface area contributed by atoms with Crippen LogP contribution in [0.1, 0.15) is 38.5 Å². The minimum Gasteiger partial charge on any atom is -0.338 e. The van der Waals surface area contributed by atoms with E-state index in [1.54, 1.807) is 0 Å². The van der Waals surface area contributed by atoms with Crippen molar-refractivity contribution in [3.63, 3.8) is 0 Å². The van der Waals surface area contributed by atoms with Crippen LogP contribution in [-0.4, -0.2) is 39.0 Å². The summed E-state index contributed by atoms with van der Waals surface area (Å²) >= 11 is 0. The Morgan fingerprint density at radius 2 is 1.91 bits per heavy atom. The summed E-state index contributed by atoms with van der Waals surface area (Å²) in [7, 11) is -3.50. The molecule has 2 atom stereocenters. The summed E-state index contributed by atoms with van der Waals surface area (Å²) in [4.78, 5) is 11.6. The number of amides is 2. The molecule has 1 aliphatic carbocycles. The number of carbonyl (C=O) groups is 1. The summed E-state index contributed by atoms with van der Waals surface area (Å²) in [5.74, 6) is -1.52. The third-order valence-electron chi connectivity index (χ3n) is 3.61. The molecule has 0 heterocycles. The minimum atomic E-state index is -4.22. The molecule has 0 radical (unpaired) electrons. The Hall–Kier alpha value is -1.03. The molecule has 0 aliphatic heterocycles. The normalized spacial score (nSPS) is 23.1. The van der Waals surface area contributed by atoms with E-state index < -0.39 is 34.2 Å². The Morgan fingerprint density at radius 3 is 2.50 bits per heavy atom. The Balaban J connectivity index is 2.22. The van der Waals surface area contributed by atoms with Gasteiger partial charge in [-0.25, -0.2) is 18.4 Å². The van der Waals surface area contributed by atoms with Crippen molar-refractivity contribution in [2.24, 2.45) is 11.1 Å². The van der Waals surface area contributed by atoms with Crippen LogP contribution in [0.15, 0.2) is 0 Å². The first-order valence-electron chi connectivity index (χ1n) is 7.19. The molecule has 0 unspecified atom stereocenters. The van der Waals surface area contributed by atoms with Gasteiger partial charge in [0.15, 0.2) is 0 Å². The van der Waals surface area contributed by atoms with E-state index in [2.05, 4.69) is 10.6 Å². The van der Waals surface area contributed by atoms with E-state index in [-0.39, 0.29) is 25.1 Å². The van der Waals surface area contributed by atoms with Gasteiger partial charge >= 0.3 is 12.2 Å². The zero-order chi connectivity index (χ0) is 16.8. The van der Waals surface area contributed by atoms with Crippen LogP contribution in [0.4, 0.5) is 18.0 Å². The lowest BCUT2D eigenvalue weighted by Crippen LogP contribution is -2.46. The van der Waals surface area contributed by atoms with Gasteiger partial charge in [0.05, 0.1) is 11.7 Å². The van der Waals surface area contributed by atoms with Gasteiger partial charge in [-0.15, -0.1) is 0 Å². The molecule has 1 saturated carbocycles. The Kier molecular flexibility index (Phi) is 6.92. The van der Waals surface area contributed by atoms with Gasteiger partial charge < -0.3 is 10.6 Å². The zero-order valence-electron chi connectivity index (χ0n) is 12.2. The van der Waals surface area contributed by atoms with Gasteiger partial charge in [-0.3, -0.25) is 0 Å². The molecule has 6 nitrogen and oxygen atoms in total. The van der Waals surface area contributed by atoms with Crippen LogP contribution in [0.3, 0.4) is 0 Å². The monoisotopic (exact) mass is 345 g/mol. The first kappa shape index (κ1) is 19.0. The van der Waals surface area contributed by atoms with Crippen molar-refractivity contribution < 1.29 is 26.4 Å². The molecular weight excluding hydrogens is 323 g/mol. The summed E-state index contributed by atoms with van der Waals surface area (Å²) < 4.78 is 59.3. The van der Waals surface area contributed by atoms with Crippen LogP contribution in [0.2, 0.25) is 0 Å². The van der Waals surface area contributed by atoms with Crippen LogP contribution in [0.25, 0.3) is 0 Å². The quantitative estimate of drug-likeness (QED) is 0.636. The maximum absolute atomic E-state index is 12.6. The number of carbonyl (C=O) groups excluding carboxylic acids is 1. The SMILES string of the molecule is NS(=O)(=O)CCCCNC(=O)N[C@@H]1CCC[C@H](C(F)(F)F)C1. The van der Waals surface area contributed by atoms with Crippen molar-refractivity contribution in [1.29, 1.82) is 0 Å². The van der Waals surface area contributed by atoms with Crippen LogP contribution >= 0.6 is 0 Å². The summed E-state index contributed by atoms with van der Waals surface area (Å²) in [6, 6.07) is -1.01. The molecule has 130 valence electrons. The predicted octanol–water partition coefficient (Wildman–Crippen LogP) is 1.48. The molecule has 22 heavy (non-hydrogen) atoms. The molecular formula is C12H22F3N3O3S. The molecule has 1 fully saturated rings. The number of nitrogens with one attached hydrogen (secondary N) is 2. The number of halogens is 3. The lowest BCUT2D eigenvalue weighted by Gasteiger charge is -2.31. The van der Waals surface area contributed by atoms with Gasteiger partial charge in [-0.1, -0.05) is 6.42 Å². The number of primary sulfonamides is 1. The second-order valence-electron chi connectivity index (χ2n) is 5.58. The number of hydrogen-bond acceptors (Lipinski definition) is 3. The second kappa shape index (κ2) is 8.00. The van der Waals surface area contributed by atoms with E-state index in [9.17, 15) is 26.4 Å². The highest BCUT2D eigenvalue weighted by atomic mass is 32.2. The van der Waals surface area contributed by atoms with Crippen LogP contribution in [0.5, 0.6) is 0 Å². The van der Waals surface area contributed by atoms with Gasteiger partial charge in [-0.2, -0.15) is 13.2 Å². The van der Waals surface area contributed by atoms with Gasteiger partial charge in [-0.05, 0) is 32.1 Å². The maximum Gasteiger partial charge on any atom is 0.391 e. The number of nitrogens with two attached hydrogens (primary N) is 1. The van der Waals surface area contributed by atoms with Gasteiger partial charge in [0.1, 0.15) is 0 Å². The highest BCUT2D eigenvalue weighted by molar-refractivity contribution is 7.89. The number of alkyl halides is 3. The highest BCUT2D eigenvalue weighted by Crippen LogP contribution is 2.37. The Morgan fingerprint density at radius 1 is 1.23 bits per heavy atom. The minimum absolute atomic E-state index is 0.0949. The summed E-state index contributed by atoms with van der Waals surface area (Å²) in [5, 5.41) is 9.87. The molecule has 0 aromatic heterocycles. The fourth-order valence-corrected chi connectivity index (χ4v) is 3.09. The fourth-order valence-electron chi connectivity index (χ4n) is 2.48. The topological polar surface area (TPSA) is 101 Å². The largest absolute Gasteiger partial charge is 0.391 e. The fraction of sp³-hybridized carbons (Fsp3) is 0.917. The molecule has 2 amide bonds. The van der Waals surface area contributed by atoms with Crippen molar-refractivity contribution in [2.75, 3.05) is 12.3 Å². The molecule has 10 heteroatoms. The standard InChI is InChI=1S/C12H22F3N3O3S/c13-12(14,15)9-4-3-5-10(8-9)18-11(19)17-6-1-2-7-22(16,20)21/h9-10H,1-8H2,(H2,16,20,21)(H2,17,18,19)/t9-,10+/m0/s1. The van der Waals surface area contributed by atoms with Crippen molar-refractivity contribution in [3.05, 3.63) is 0 Å². The number of sulfonamides is 1. The molecule has 0 spiro atoms. The lowest BCUT2D eigenvalue weighted by atomic mass is 9.85. The number of hydrogen-bond donors (Lipinski definition) is 3. The van der Waals surface area contributed by atoms with E-state index >= 15 is 0 Å². The molecule has 0 saturated heterocycles. The number of rotatable bonds is 6. The Labute approximate surface area is 128 Å². The van der Waals surface area contributed by atoms with E-state index in [1.165, 1.54) is 0 Å². The average molecular weight is 345 g/mol. The smallest absolute Gasteiger partial charge is 0.338 e. The number of urea groups is 1. The first-order chi connectivity index (χ1) is 10.1. The van der Waals surface area contributed by atoms with Crippen LogP contribution in [-0.2, 0) is 10.0 Å². The van der Waals surface area contributed by atoms with E-state index in [1.807, 2.05) is 0 Å². The van der Waals surface area contributed by atoms with E-state index in [4.69, 9.17) is 5.14 Å². The third-order valence-corrected chi connectivity index (χ3v) is 4.47. The van der Waals surface area contributed by atoms with Gasteiger partial charge in [0.25, 0.3) is 0 Å². The van der Waals surface area contributed by atoms with Crippen LogP contribution in [0, 0.1) is 5.92 Å². The molecule has 4 N–H and O–H groups in total. The molecule has 1 aliphatic rings. The van der Waals surface area contributed by atoms with E-state index in [0.717, 1.165) is 0 Å². The van der Waals surface area contributed by atoms with Gasteiger partial charge in [0, 0.05) is 12.6 Å².